The molecule has 130 valence electrons. The lowest BCUT2D eigenvalue weighted by Gasteiger charge is -2.19. The van der Waals surface area contributed by atoms with E-state index in [0.29, 0.717) is 24.1 Å². The minimum atomic E-state index is -0.714. The molecule has 0 spiro atoms. The Morgan fingerprint density at radius 3 is 2.71 bits per heavy atom. The van der Waals surface area contributed by atoms with Crippen LogP contribution in [0.15, 0.2) is 12.1 Å². The fourth-order valence-corrected chi connectivity index (χ4v) is 2.28. The molecule has 0 bridgehead atoms. The molecule has 2 rings (SSSR count). The van der Waals surface area contributed by atoms with Gasteiger partial charge in [-0.3, -0.25) is 14.4 Å². The maximum absolute atomic E-state index is 14.0. The van der Waals surface area contributed by atoms with Gasteiger partial charge in [-0.05, 0) is 30.0 Å². The van der Waals surface area contributed by atoms with E-state index in [-0.39, 0.29) is 24.1 Å². The van der Waals surface area contributed by atoms with Crippen LogP contribution in [-0.2, 0) is 20.8 Å². The maximum Gasteiger partial charge on any atom is 0.243 e. The van der Waals surface area contributed by atoms with Gasteiger partial charge in [0, 0.05) is 12.1 Å². The molecule has 3 amide bonds. The minimum absolute atomic E-state index is 0.0524. The molecular formula is C16H21FN4O3. The number of fused-ring (bicyclic) bond motifs is 1. The Kier molecular flexibility index (Phi) is 5.50. The average molecular weight is 336 g/mol. The van der Waals surface area contributed by atoms with Gasteiger partial charge in [0.15, 0.2) is 0 Å². The first-order valence-corrected chi connectivity index (χ1v) is 7.73. The summed E-state index contributed by atoms with van der Waals surface area (Å²) in [4.78, 5) is 35.0. The van der Waals surface area contributed by atoms with Crippen molar-refractivity contribution in [3.05, 3.63) is 23.5 Å². The highest BCUT2D eigenvalue weighted by atomic mass is 19.1. The van der Waals surface area contributed by atoms with Crippen molar-refractivity contribution in [3.8, 4) is 0 Å². The van der Waals surface area contributed by atoms with Gasteiger partial charge >= 0.3 is 0 Å². The van der Waals surface area contributed by atoms with Gasteiger partial charge in [-0.15, -0.1) is 0 Å². The number of nitrogens with two attached hydrogens (primary N) is 1. The summed E-state index contributed by atoms with van der Waals surface area (Å²) >= 11 is 0. The lowest BCUT2D eigenvalue weighted by atomic mass is 10.0. The number of carbonyl (C=O) groups excluding carboxylic acids is 3. The van der Waals surface area contributed by atoms with Crippen LogP contribution in [0.2, 0.25) is 0 Å². The van der Waals surface area contributed by atoms with E-state index < -0.39 is 23.7 Å². The van der Waals surface area contributed by atoms with Crippen molar-refractivity contribution in [1.82, 2.24) is 5.32 Å². The largest absolute Gasteiger partial charge is 0.346 e. The zero-order valence-electron chi connectivity index (χ0n) is 13.6. The number of nitrogens with one attached hydrogen (secondary N) is 3. The first kappa shape index (κ1) is 17.9. The van der Waals surface area contributed by atoms with Crippen LogP contribution in [0, 0.1) is 11.7 Å². The zero-order chi connectivity index (χ0) is 17.9. The summed E-state index contributed by atoms with van der Waals surface area (Å²) in [7, 11) is 0. The quantitative estimate of drug-likeness (QED) is 0.635. The second-order valence-electron chi connectivity index (χ2n) is 6.07. The number of carbonyl (C=O) groups is 3. The molecule has 1 aliphatic heterocycles. The predicted octanol–water partition coefficient (Wildman–Crippen LogP) is 0.748. The molecule has 7 nitrogen and oxygen atoms in total. The summed E-state index contributed by atoms with van der Waals surface area (Å²) in [6, 6.07) is 1.95. The fraction of sp³-hybridized carbons (Fsp3) is 0.438. The van der Waals surface area contributed by atoms with Crippen LogP contribution < -0.4 is 21.7 Å². The van der Waals surface area contributed by atoms with Crippen molar-refractivity contribution in [2.24, 2.45) is 11.7 Å². The highest BCUT2D eigenvalue weighted by Crippen LogP contribution is 2.28. The molecule has 0 saturated carbocycles. The number of anilines is 2. The van der Waals surface area contributed by atoms with Crippen molar-refractivity contribution in [2.45, 2.75) is 32.7 Å². The zero-order valence-corrected chi connectivity index (χ0v) is 13.6. The molecule has 1 heterocycles. The monoisotopic (exact) mass is 336 g/mol. The van der Waals surface area contributed by atoms with Gasteiger partial charge in [-0.1, -0.05) is 13.8 Å². The Labute approximate surface area is 139 Å². The molecule has 0 unspecified atom stereocenters. The number of rotatable bonds is 5. The predicted molar refractivity (Wildman–Crippen MR) is 87.8 cm³/mol. The summed E-state index contributed by atoms with van der Waals surface area (Å²) in [5, 5.41) is 7.42. The molecule has 5 N–H and O–H groups in total. The Morgan fingerprint density at radius 2 is 2.04 bits per heavy atom. The molecule has 1 atom stereocenters. The van der Waals surface area contributed by atoms with E-state index in [2.05, 4.69) is 16.0 Å². The fourth-order valence-electron chi connectivity index (χ4n) is 2.28. The molecule has 8 heteroatoms. The van der Waals surface area contributed by atoms with E-state index in [0.717, 1.165) is 0 Å². The molecule has 24 heavy (non-hydrogen) atoms. The number of amides is 3. The van der Waals surface area contributed by atoms with Crippen LogP contribution in [0.5, 0.6) is 0 Å². The van der Waals surface area contributed by atoms with E-state index in [9.17, 15) is 18.8 Å². The Morgan fingerprint density at radius 1 is 1.33 bits per heavy atom. The highest BCUT2D eigenvalue weighted by Gasteiger charge is 2.20. The van der Waals surface area contributed by atoms with Gasteiger partial charge in [0.2, 0.25) is 17.7 Å². The van der Waals surface area contributed by atoms with Crippen molar-refractivity contribution in [2.75, 3.05) is 17.2 Å². The molecule has 1 aromatic carbocycles. The Bertz CT molecular complexity index is 676. The summed E-state index contributed by atoms with van der Waals surface area (Å²) in [6.45, 7) is 3.27. The standard InChI is InChI=1S/C16H21FN4O3/c1-8(2)15(18)16(24)19-7-14(23)21-12-6-11-9(5-10(12)17)3-4-13(22)20-11/h5-6,8,15H,3-4,7,18H2,1-2H3,(H,19,24)(H,20,22)(H,21,23)/t15-/m0/s1. The van der Waals surface area contributed by atoms with Crippen LogP contribution >= 0.6 is 0 Å². The van der Waals surface area contributed by atoms with Crippen LogP contribution in [0.4, 0.5) is 15.8 Å². The van der Waals surface area contributed by atoms with Crippen molar-refractivity contribution in [1.29, 1.82) is 0 Å². The lowest BCUT2D eigenvalue weighted by Crippen LogP contribution is -2.46. The van der Waals surface area contributed by atoms with E-state index >= 15 is 0 Å². The lowest BCUT2D eigenvalue weighted by molar-refractivity contribution is -0.125. The van der Waals surface area contributed by atoms with Gasteiger partial charge in [-0.25, -0.2) is 4.39 Å². The third-order valence-electron chi connectivity index (χ3n) is 3.81. The molecule has 1 aromatic rings. The Hall–Kier alpha value is -2.48. The molecule has 0 radical (unpaired) electrons. The summed E-state index contributed by atoms with van der Waals surface area (Å²) < 4.78 is 14.0. The number of aryl methyl sites for hydroxylation is 1. The van der Waals surface area contributed by atoms with Crippen molar-refractivity contribution < 1.29 is 18.8 Å². The first-order valence-electron chi connectivity index (χ1n) is 7.73. The van der Waals surface area contributed by atoms with Crippen LogP contribution in [0.3, 0.4) is 0 Å². The molecule has 0 fully saturated rings. The third kappa shape index (κ3) is 4.29. The van der Waals surface area contributed by atoms with Crippen molar-refractivity contribution in [3.63, 3.8) is 0 Å². The van der Waals surface area contributed by atoms with Crippen LogP contribution in [0.1, 0.15) is 25.8 Å². The minimum Gasteiger partial charge on any atom is -0.346 e. The van der Waals surface area contributed by atoms with E-state index in [1.807, 2.05) is 0 Å². The molecule has 0 saturated heterocycles. The average Bonchev–Trinajstić information content (AvgIpc) is 2.52. The highest BCUT2D eigenvalue weighted by molar-refractivity contribution is 5.98. The van der Waals surface area contributed by atoms with Crippen LogP contribution in [0.25, 0.3) is 0 Å². The number of halogens is 1. The number of hydrogen-bond acceptors (Lipinski definition) is 4. The molecule has 0 aromatic heterocycles. The first-order chi connectivity index (χ1) is 11.3. The number of benzene rings is 1. The van der Waals surface area contributed by atoms with Gasteiger partial charge < -0.3 is 21.7 Å². The maximum atomic E-state index is 14.0. The van der Waals surface area contributed by atoms with Crippen molar-refractivity contribution >= 4 is 29.1 Å². The van der Waals surface area contributed by atoms with Crippen LogP contribution in [-0.4, -0.2) is 30.3 Å². The summed E-state index contributed by atoms with van der Waals surface area (Å²) in [5.74, 6) is -1.84. The topological polar surface area (TPSA) is 113 Å². The van der Waals surface area contributed by atoms with Gasteiger partial charge in [-0.2, -0.15) is 0 Å². The molecular weight excluding hydrogens is 315 g/mol. The van der Waals surface area contributed by atoms with E-state index in [1.54, 1.807) is 13.8 Å². The Balaban J connectivity index is 1.98. The summed E-state index contributed by atoms with van der Waals surface area (Å²) in [6.07, 6.45) is 0.760. The summed E-state index contributed by atoms with van der Waals surface area (Å²) in [5.41, 5.74) is 6.78. The van der Waals surface area contributed by atoms with Gasteiger partial charge in [0.25, 0.3) is 0 Å². The van der Waals surface area contributed by atoms with Gasteiger partial charge in [0.1, 0.15) is 5.82 Å². The molecule has 1 aliphatic rings. The second kappa shape index (κ2) is 7.39. The number of hydrogen-bond donors (Lipinski definition) is 4. The third-order valence-corrected chi connectivity index (χ3v) is 3.81. The van der Waals surface area contributed by atoms with E-state index in [4.69, 9.17) is 5.73 Å². The van der Waals surface area contributed by atoms with E-state index in [1.165, 1.54) is 12.1 Å². The second-order valence-corrected chi connectivity index (χ2v) is 6.07. The van der Waals surface area contributed by atoms with Gasteiger partial charge in [0.05, 0.1) is 18.3 Å². The smallest absolute Gasteiger partial charge is 0.243 e. The SMILES string of the molecule is CC(C)[C@H](N)C(=O)NCC(=O)Nc1cc2c(cc1F)CCC(=O)N2. The molecule has 0 aliphatic carbocycles. The normalized spacial score (nSPS) is 14.6.